The van der Waals surface area contributed by atoms with Gasteiger partial charge in [-0.2, -0.15) is 0 Å². The molecular formula is C15H21NO2. The fourth-order valence-corrected chi connectivity index (χ4v) is 2.43. The number of hydrogen-bond acceptors (Lipinski definition) is 2. The molecule has 3 nitrogen and oxygen atoms in total. The Labute approximate surface area is 109 Å². The van der Waals surface area contributed by atoms with Crippen LogP contribution in [0.3, 0.4) is 0 Å². The van der Waals surface area contributed by atoms with Gasteiger partial charge in [-0.3, -0.25) is 4.79 Å². The fourth-order valence-electron chi connectivity index (χ4n) is 2.43. The summed E-state index contributed by atoms with van der Waals surface area (Å²) >= 11 is 0. The van der Waals surface area contributed by atoms with Crippen molar-refractivity contribution in [1.29, 1.82) is 0 Å². The van der Waals surface area contributed by atoms with Gasteiger partial charge in [0.1, 0.15) is 5.75 Å². The quantitative estimate of drug-likeness (QED) is 0.821. The first kappa shape index (κ1) is 12.9. The van der Waals surface area contributed by atoms with E-state index in [0.29, 0.717) is 18.9 Å². The Bertz CT molecular complexity index is 426. The summed E-state index contributed by atoms with van der Waals surface area (Å²) in [4.78, 5) is 14.1. The van der Waals surface area contributed by atoms with E-state index >= 15 is 0 Å². The molecule has 1 amide bonds. The van der Waals surface area contributed by atoms with E-state index in [1.54, 1.807) is 7.11 Å². The third kappa shape index (κ3) is 2.66. The van der Waals surface area contributed by atoms with E-state index in [9.17, 15) is 4.79 Å². The maximum absolute atomic E-state index is 12.1. The van der Waals surface area contributed by atoms with Crippen LogP contribution in [0.1, 0.15) is 31.4 Å². The van der Waals surface area contributed by atoms with Crippen molar-refractivity contribution in [3.63, 3.8) is 0 Å². The Morgan fingerprint density at radius 1 is 1.44 bits per heavy atom. The molecule has 1 aromatic rings. The van der Waals surface area contributed by atoms with Crippen LogP contribution in [0.4, 0.5) is 0 Å². The number of nitrogens with zero attached hydrogens (tertiary/aromatic N) is 1. The number of rotatable bonds is 3. The number of carbonyl (C=O) groups excluding carboxylic acids is 1. The molecule has 0 radical (unpaired) electrons. The molecule has 0 saturated heterocycles. The van der Waals surface area contributed by atoms with E-state index in [-0.39, 0.29) is 5.91 Å². The van der Waals surface area contributed by atoms with Gasteiger partial charge in [-0.25, -0.2) is 0 Å². The van der Waals surface area contributed by atoms with Gasteiger partial charge in [0.15, 0.2) is 0 Å². The standard InChI is InChI=1S/C15H21NO2/c1-11(2)9-15(17)16-8-7-12-5-4-6-14(18-3)13(12)10-16/h4-6,11H,7-10H2,1-3H3. The largest absolute Gasteiger partial charge is 0.496 e. The summed E-state index contributed by atoms with van der Waals surface area (Å²) in [5.41, 5.74) is 2.48. The lowest BCUT2D eigenvalue weighted by Gasteiger charge is -2.30. The minimum absolute atomic E-state index is 0.251. The SMILES string of the molecule is COc1cccc2c1CN(C(=O)CC(C)C)CC2. The molecule has 98 valence electrons. The molecular weight excluding hydrogens is 226 g/mol. The van der Waals surface area contributed by atoms with Crippen LogP contribution < -0.4 is 4.74 Å². The zero-order valence-electron chi connectivity index (χ0n) is 11.4. The van der Waals surface area contributed by atoms with E-state index in [2.05, 4.69) is 19.9 Å². The van der Waals surface area contributed by atoms with Gasteiger partial charge in [0.25, 0.3) is 0 Å². The van der Waals surface area contributed by atoms with Gasteiger partial charge in [0.05, 0.1) is 7.11 Å². The van der Waals surface area contributed by atoms with Crippen molar-refractivity contribution in [2.75, 3.05) is 13.7 Å². The molecule has 0 saturated carbocycles. The normalized spacial score (nSPS) is 14.6. The van der Waals surface area contributed by atoms with Crippen LogP contribution in [0.5, 0.6) is 5.75 Å². The summed E-state index contributed by atoms with van der Waals surface area (Å²) in [5.74, 6) is 1.56. The molecule has 0 unspecified atom stereocenters. The van der Waals surface area contributed by atoms with Crippen molar-refractivity contribution in [3.05, 3.63) is 29.3 Å². The van der Waals surface area contributed by atoms with Gasteiger partial charge in [-0.15, -0.1) is 0 Å². The molecule has 0 aromatic heterocycles. The lowest BCUT2D eigenvalue weighted by atomic mass is 9.98. The van der Waals surface area contributed by atoms with Crippen LogP contribution in [-0.4, -0.2) is 24.5 Å². The highest BCUT2D eigenvalue weighted by Gasteiger charge is 2.23. The lowest BCUT2D eigenvalue weighted by molar-refractivity contribution is -0.132. The molecule has 1 heterocycles. The van der Waals surface area contributed by atoms with Crippen molar-refractivity contribution in [1.82, 2.24) is 4.90 Å². The summed E-state index contributed by atoms with van der Waals surface area (Å²) in [6.45, 7) is 5.67. The highest BCUT2D eigenvalue weighted by atomic mass is 16.5. The average molecular weight is 247 g/mol. The monoisotopic (exact) mass is 247 g/mol. The molecule has 1 aliphatic rings. The Hall–Kier alpha value is -1.51. The van der Waals surface area contributed by atoms with Crippen LogP contribution in [0.25, 0.3) is 0 Å². The summed E-state index contributed by atoms with van der Waals surface area (Å²) in [5, 5.41) is 0. The predicted molar refractivity (Wildman–Crippen MR) is 71.6 cm³/mol. The maximum Gasteiger partial charge on any atom is 0.223 e. The smallest absolute Gasteiger partial charge is 0.223 e. The second-order valence-electron chi connectivity index (χ2n) is 5.26. The Balaban J connectivity index is 2.16. The zero-order valence-corrected chi connectivity index (χ0v) is 11.4. The summed E-state index contributed by atoms with van der Waals surface area (Å²) < 4.78 is 5.38. The second-order valence-corrected chi connectivity index (χ2v) is 5.26. The first-order valence-corrected chi connectivity index (χ1v) is 6.54. The molecule has 0 fully saturated rings. The van der Waals surface area contributed by atoms with Crippen LogP contribution >= 0.6 is 0 Å². The number of fused-ring (bicyclic) bond motifs is 1. The number of ether oxygens (including phenoxy) is 1. The zero-order chi connectivity index (χ0) is 13.1. The van der Waals surface area contributed by atoms with Gasteiger partial charge >= 0.3 is 0 Å². The van der Waals surface area contributed by atoms with E-state index in [0.717, 1.165) is 18.7 Å². The van der Waals surface area contributed by atoms with E-state index in [1.165, 1.54) is 11.1 Å². The maximum atomic E-state index is 12.1. The Morgan fingerprint density at radius 2 is 2.22 bits per heavy atom. The third-order valence-electron chi connectivity index (χ3n) is 3.39. The van der Waals surface area contributed by atoms with Crippen molar-refractivity contribution in [2.45, 2.75) is 33.2 Å². The van der Waals surface area contributed by atoms with Gasteiger partial charge < -0.3 is 9.64 Å². The summed E-state index contributed by atoms with van der Waals surface area (Å²) in [6, 6.07) is 6.11. The highest BCUT2D eigenvalue weighted by molar-refractivity contribution is 5.76. The van der Waals surface area contributed by atoms with Crippen LogP contribution in [0.2, 0.25) is 0 Å². The molecule has 0 atom stereocenters. The molecule has 18 heavy (non-hydrogen) atoms. The van der Waals surface area contributed by atoms with E-state index < -0.39 is 0 Å². The summed E-state index contributed by atoms with van der Waals surface area (Å²) in [7, 11) is 1.69. The molecule has 1 aromatic carbocycles. The molecule has 2 rings (SSSR count). The third-order valence-corrected chi connectivity index (χ3v) is 3.39. The van der Waals surface area contributed by atoms with E-state index in [4.69, 9.17) is 4.74 Å². The van der Waals surface area contributed by atoms with Crippen molar-refractivity contribution in [3.8, 4) is 5.75 Å². The first-order chi connectivity index (χ1) is 8.61. The van der Waals surface area contributed by atoms with Crippen molar-refractivity contribution >= 4 is 5.91 Å². The molecule has 0 spiro atoms. The Morgan fingerprint density at radius 3 is 2.89 bits per heavy atom. The molecule has 0 bridgehead atoms. The first-order valence-electron chi connectivity index (χ1n) is 6.54. The molecule has 0 aliphatic carbocycles. The molecule has 0 N–H and O–H groups in total. The van der Waals surface area contributed by atoms with Gasteiger partial charge in [-0.05, 0) is 24.0 Å². The number of methoxy groups -OCH3 is 1. The van der Waals surface area contributed by atoms with Crippen LogP contribution in [0.15, 0.2) is 18.2 Å². The van der Waals surface area contributed by atoms with Crippen molar-refractivity contribution in [2.24, 2.45) is 5.92 Å². The molecule has 1 aliphatic heterocycles. The van der Waals surface area contributed by atoms with Crippen molar-refractivity contribution < 1.29 is 9.53 Å². The minimum atomic E-state index is 0.251. The fraction of sp³-hybridized carbons (Fsp3) is 0.533. The van der Waals surface area contributed by atoms with Gasteiger partial charge in [-0.1, -0.05) is 26.0 Å². The van der Waals surface area contributed by atoms with Gasteiger partial charge in [0, 0.05) is 25.1 Å². The number of amides is 1. The number of benzene rings is 1. The van der Waals surface area contributed by atoms with Crippen LogP contribution in [0, 0.1) is 5.92 Å². The topological polar surface area (TPSA) is 29.5 Å². The van der Waals surface area contributed by atoms with E-state index in [1.807, 2.05) is 17.0 Å². The predicted octanol–water partition coefficient (Wildman–Crippen LogP) is 2.63. The number of hydrogen-bond donors (Lipinski definition) is 0. The van der Waals surface area contributed by atoms with Crippen LogP contribution in [-0.2, 0) is 17.8 Å². The minimum Gasteiger partial charge on any atom is -0.496 e. The second kappa shape index (κ2) is 5.42. The Kier molecular flexibility index (Phi) is 3.90. The number of carbonyl (C=O) groups is 1. The summed E-state index contributed by atoms with van der Waals surface area (Å²) in [6.07, 6.45) is 1.56. The highest BCUT2D eigenvalue weighted by Crippen LogP contribution is 2.28. The van der Waals surface area contributed by atoms with Gasteiger partial charge in [0.2, 0.25) is 5.91 Å². The molecule has 3 heteroatoms. The average Bonchev–Trinajstić information content (AvgIpc) is 2.36. The lowest BCUT2D eigenvalue weighted by Crippen LogP contribution is -2.36.